The predicted molar refractivity (Wildman–Crippen MR) is 77.3 cm³/mol. The van der Waals surface area contributed by atoms with Crippen molar-refractivity contribution in [1.29, 1.82) is 0 Å². The first-order valence-corrected chi connectivity index (χ1v) is 7.49. The van der Waals surface area contributed by atoms with Crippen LogP contribution in [0.25, 0.3) is 0 Å². The van der Waals surface area contributed by atoms with E-state index in [2.05, 4.69) is 5.32 Å². The third kappa shape index (κ3) is 2.65. The van der Waals surface area contributed by atoms with Gasteiger partial charge in [0.2, 0.25) is 0 Å². The summed E-state index contributed by atoms with van der Waals surface area (Å²) in [4.78, 5) is 25.2. The minimum Gasteiger partial charge on any atom is -0.334 e. The lowest BCUT2D eigenvalue weighted by molar-refractivity contribution is -0.384. The quantitative estimate of drug-likeness (QED) is 0.659. The van der Waals surface area contributed by atoms with Gasteiger partial charge < -0.3 is 14.8 Å². The molecule has 21 heavy (non-hydrogen) atoms. The van der Waals surface area contributed by atoms with Gasteiger partial charge in [-0.05, 0) is 32.7 Å². The van der Waals surface area contributed by atoms with E-state index in [0.29, 0.717) is 12.2 Å². The van der Waals surface area contributed by atoms with Crippen molar-refractivity contribution < 1.29 is 9.72 Å². The Kier molecular flexibility index (Phi) is 3.67. The van der Waals surface area contributed by atoms with E-state index in [-0.39, 0.29) is 23.7 Å². The van der Waals surface area contributed by atoms with Crippen LogP contribution in [0.1, 0.15) is 42.7 Å². The number of carbonyl (C=O) groups is 1. The fourth-order valence-corrected chi connectivity index (χ4v) is 3.01. The first-order chi connectivity index (χ1) is 10.1. The van der Waals surface area contributed by atoms with E-state index in [1.165, 1.54) is 12.3 Å². The van der Waals surface area contributed by atoms with Gasteiger partial charge in [0.05, 0.1) is 11.1 Å². The summed E-state index contributed by atoms with van der Waals surface area (Å²) in [5.74, 6) is -0.0915. The molecule has 7 heteroatoms. The van der Waals surface area contributed by atoms with E-state index >= 15 is 0 Å². The highest BCUT2D eigenvalue weighted by atomic mass is 16.6. The molecule has 1 saturated heterocycles. The van der Waals surface area contributed by atoms with Crippen molar-refractivity contribution in [3.63, 3.8) is 0 Å². The molecule has 1 aromatic heterocycles. The molecule has 0 radical (unpaired) electrons. The molecule has 1 amide bonds. The highest BCUT2D eigenvalue weighted by Crippen LogP contribution is 2.38. The smallest absolute Gasteiger partial charge is 0.287 e. The number of likely N-dealkylation sites (N-methyl/N-ethyl adjacent to an activating group) is 1. The maximum absolute atomic E-state index is 12.8. The zero-order valence-electron chi connectivity index (χ0n) is 12.1. The lowest BCUT2D eigenvalue weighted by atomic mass is 10.2. The van der Waals surface area contributed by atoms with Crippen molar-refractivity contribution in [2.24, 2.45) is 0 Å². The second-order valence-electron chi connectivity index (χ2n) is 5.72. The fourth-order valence-electron chi connectivity index (χ4n) is 3.01. The van der Waals surface area contributed by atoms with E-state index in [9.17, 15) is 14.9 Å². The molecule has 0 bridgehead atoms. The van der Waals surface area contributed by atoms with Gasteiger partial charge in [0.1, 0.15) is 5.69 Å². The summed E-state index contributed by atoms with van der Waals surface area (Å²) < 4.78 is 1.80. The lowest BCUT2D eigenvalue weighted by Gasteiger charge is -2.27. The van der Waals surface area contributed by atoms with Crippen LogP contribution in [0.15, 0.2) is 12.3 Å². The number of hydrogen-bond acceptors (Lipinski definition) is 4. The standard InChI is InChI=1S/C14H20N4O3/c1-2-16(11-5-6-15-8-11)14(19)13-7-12(18(20)21)9-17(13)10-3-4-10/h7,9-11,15H,2-6,8H2,1H3. The van der Waals surface area contributed by atoms with Gasteiger partial charge in [-0.2, -0.15) is 0 Å². The summed E-state index contributed by atoms with van der Waals surface area (Å²) in [6.45, 7) is 4.29. The average Bonchev–Trinajstić information content (AvgIpc) is 3.00. The van der Waals surface area contributed by atoms with Gasteiger partial charge in [0.25, 0.3) is 11.6 Å². The Hall–Kier alpha value is -1.89. The maximum Gasteiger partial charge on any atom is 0.287 e. The molecule has 1 saturated carbocycles. The van der Waals surface area contributed by atoms with Gasteiger partial charge in [-0.3, -0.25) is 14.9 Å². The van der Waals surface area contributed by atoms with Crippen LogP contribution >= 0.6 is 0 Å². The molecule has 3 rings (SSSR count). The number of hydrogen-bond donors (Lipinski definition) is 1. The van der Waals surface area contributed by atoms with E-state index < -0.39 is 4.92 Å². The molecule has 1 aliphatic carbocycles. The van der Waals surface area contributed by atoms with Gasteiger partial charge in [0.15, 0.2) is 0 Å². The van der Waals surface area contributed by atoms with Crippen LogP contribution in [0.5, 0.6) is 0 Å². The van der Waals surface area contributed by atoms with E-state index in [4.69, 9.17) is 0 Å². The van der Waals surface area contributed by atoms with Crippen molar-refractivity contribution in [2.45, 2.75) is 38.3 Å². The van der Waals surface area contributed by atoms with Gasteiger partial charge >= 0.3 is 0 Å². The van der Waals surface area contributed by atoms with Gasteiger partial charge in [-0.1, -0.05) is 0 Å². The Balaban J connectivity index is 1.90. The maximum atomic E-state index is 12.8. The lowest BCUT2D eigenvalue weighted by Crippen LogP contribution is -2.42. The number of amides is 1. The molecule has 1 N–H and O–H groups in total. The molecule has 1 aromatic rings. The van der Waals surface area contributed by atoms with Crippen molar-refractivity contribution in [3.05, 3.63) is 28.1 Å². The first-order valence-electron chi connectivity index (χ1n) is 7.49. The summed E-state index contributed by atoms with van der Waals surface area (Å²) >= 11 is 0. The Labute approximate surface area is 123 Å². The van der Waals surface area contributed by atoms with Gasteiger partial charge in [0, 0.05) is 31.2 Å². The van der Waals surface area contributed by atoms with Crippen molar-refractivity contribution in [2.75, 3.05) is 19.6 Å². The summed E-state index contributed by atoms with van der Waals surface area (Å²) in [5.41, 5.74) is 0.462. The van der Waals surface area contributed by atoms with Crippen molar-refractivity contribution >= 4 is 11.6 Å². The number of nitro groups is 1. The van der Waals surface area contributed by atoms with Crippen LogP contribution in [-0.2, 0) is 0 Å². The van der Waals surface area contributed by atoms with Gasteiger partial charge in [-0.15, -0.1) is 0 Å². The average molecular weight is 292 g/mol. The first kappa shape index (κ1) is 14.1. The number of aromatic nitrogens is 1. The molecule has 2 heterocycles. The van der Waals surface area contributed by atoms with E-state index in [1.54, 1.807) is 4.57 Å². The summed E-state index contributed by atoms with van der Waals surface area (Å²) in [5, 5.41) is 14.2. The topological polar surface area (TPSA) is 80.4 Å². The van der Waals surface area contributed by atoms with Crippen LogP contribution in [0.4, 0.5) is 5.69 Å². The zero-order valence-corrected chi connectivity index (χ0v) is 12.1. The van der Waals surface area contributed by atoms with Crippen LogP contribution in [0, 0.1) is 10.1 Å². The van der Waals surface area contributed by atoms with Gasteiger partial charge in [-0.25, -0.2) is 0 Å². The van der Waals surface area contributed by atoms with Crippen LogP contribution in [0.3, 0.4) is 0 Å². The van der Waals surface area contributed by atoms with Crippen LogP contribution in [-0.4, -0.2) is 46.0 Å². The predicted octanol–water partition coefficient (Wildman–Crippen LogP) is 1.56. The second-order valence-corrected chi connectivity index (χ2v) is 5.72. The zero-order chi connectivity index (χ0) is 15.0. The minimum atomic E-state index is -0.428. The molecular weight excluding hydrogens is 272 g/mol. The summed E-state index contributed by atoms with van der Waals surface area (Å²) in [6.07, 6.45) is 4.42. The van der Waals surface area contributed by atoms with Crippen molar-refractivity contribution in [3.8, 4) is 0 Å². The van der Waals surface area contributed by atoms with E-state index in [1.807, 2.05) is 11.8 Å². The summed E-state index contributed by atoms with van der Waals surface area (Å²) in [6, 6.07) is 1.85. The molecule has 0 aromatic carbocycles. The largest absolute Gasteiger partial charge is 0.334 e. The number of nitrogens with zero attached hydrogens (tertiary/aromatic N) is 3. The summed E-state index contributed by atoms with van der Waals surface area (Å²) in [7, 11) is 0. The molecule has 2 fully saturated rings. The highest BCUT2D eigenvalue weighted by Gasteiger charge is 2.34. The Morgan fingerprint density at radius 1 is 1.52 bits per heavy atom. The Morgan fingerprint density at radius 3 is 2.81 bits per heavy atom. The third-order valence-electron chi connectivity index (χ3n) is 4.28. The van der Waals surface area contributed by atoms with Crippen LogP contribution in [0.2, 0.25) is 0 Å². The minimum absolute atomic E-state index is 0.00542. The molecule has 2 aliphatic rings. The van der Waals surface area contributed by atoms with Crippen molar-refractivity contribution in [1.82, 2.24) is 14.8 Å². The molecule has 0 spiro atoms. The normalized spacial score (nSPS) is 21.5. The number of nitrogens with one attached hydrogen (secondary N) is 1. The van der Waals surface area contributed by atoms with Crippen LogP contribution < -0.4 is 5.32 Å². The highest BCUT2D eigenvalue weighted by molar-refractivity contribution is 5.94. The SMILES string of the molecule is CCN(C(=O)c1cc([N+](=O)[O-])cn1C1CC1)C1CCNC1. The Morgan fingerprint density at radius 2 is 2.29 bits per heavy atom. The molecule has 1 atom stereocenters. The number of rotatable bonds is 5. The third-order valence-corrected chi connectivity index (χ3v) is 4.28. The molecule has 7 nitrogen and oxygen atoms in total. The number of carbonyl (C=O) groups excluding carboxylic acids is 1. The fraction of sp³-hybridized carbons (Fsp3) is 0.643. The monoisotopic (exact) mass is 292 g/mol. The molecule has 1 unspecified atom stereocenters. The molecular formula is C14H20N4O3. The van der Waals surface area contributed by atoms with E-state index in [0.717, 1.165) is 32.4 Å². The molecule has 1 aliphatic heterocycles. The second kappa shape index (κ2) is 5.48. The Bertz CT molecular complexity index is 559. The molecule has 114 valence electrons.